The van der Waals surface area contributed by atoms with Gasteiger partial charge in [0.25, 0.3) is 0 Å². The van der Waals surface area contributed by atoms with Crippen molar-refractivity contribution in [1.82, 2.24) is 0 Å². The third-order valence-electron chi connectivity index (χ3n) is 4.21. The molecule has 0 spiro atoms. The van der Waals surface area contributed by atoms with Gasteiger partial charge in [-0.1, -0.05) is 27.7 Å². The van der Waals surface area contributed by atoms with Gasteiger partial charge in [0.15, 0.2) is 5.78 Å². The first-order valence-electron chi connectivity index (χ1n) is 5.43. The van der Waals surface area contributed by atoms with Gasteiger partial charge >= 0.3 is 0 Å². The molecule has 3 atom stereocenters. The summed E-state index contributed by atoms with van der Waals surface area (Å²) in [7, 11) is 0. The molecular weight excluding hydrogens is 196 g/mol. The van der Waals surface area contributed by atoms with E-state index >= 15 is 0 Å². The molecule has 1 nitrogen and oxygen atoms in total. The van der Waals surface area contributed by atoms with Gasteiger partial charge in [-0.3, -0.25) is 4.79 Å². The predicted molar refractivity (Wildman–Crippen MR) is 58.4 cm³/mol. The molecule has 0 heterocycles. The van der Waals surface area contributed by atoms with E-state index in [-0.39, 0.29) is 16.7 Å². The Morgan fingerprint density at radius 2 is 1.64 bits per heavy atom. The zero-order chi connectivity index (χ0) is 10.7. The number of fused-ring (bicyclic) bond motifs is 1. The van der Waals surface area contributed by atoms with Gasteiger partial charge in [-0.25, -0.2) is 0 Å². The molecule has 0 bridgehead atoms. The van der Waals surface area contributed by atoms with E-state index in [1.54, 1.807) is 0 Å². The molecule has 3 unspecified atom stereocenters. The Hall–Kier alpha value is -0.0400. The quantitative estimate of drug-likeness (QED) is 0.566. The lowest BCUT2D eigenvalue weighted by molar-refractivity contribution is -0.158. The van der Waals surface area contributed by atoms with Crippen molar-refractivity contribution in [3.8, 4) is 0 Å². The molecule has 2 saturated carbocycles. The van der Waals surface area contributed by atoms with E-state index in [1.807, 2.05) is 0 Å². The lowest BCUT2D eigenvalue weighted by Crippen LogP contribution is -2.60. The van der Waals surface area contributed by atoms with Crippen LogP contribution in [0.5, 0.6) is 0 Å². The van der Waals surface area contributed by atoms with E-state index in [2.05, 4.69) is 27.7 Å². The lowest BCUT2D eigenvalue weighted by atomic mass is 9.43. The second kappa shape index (κ2) is 2.75. The molecule has 0 aliphatic heterocycles. The number of halogens is 1. The minimum Gasteiger partial charge on any atom is -0.298 e. The van der Waals surface area contributed by atoms with Crippen LogP contribution in [-0.2, 0) is 4.79 Å². The van der Waals surface area contributed by atoms with E-state index in [1.165, 1.54) is 0 Å². The first kappa shape index (κ1) is 10.5. The van der Waals surface area contributed by atoms with Crippen molar-refractivity contribution >= 4 is 17.4 Å². The van der Waals surface area contributed by atoms with Gasteiger partial charge in [-0.2, -0.15) is 0 Å². The fraction of sp³-hybridized carbons (Fsp3) is 0.917. The van der Waals surface area contributed by atoms with Crippen molar-refractivity contribution in [3.05, 3.63) is 0 Å². The third kappa shape index (κ3) is 1.25. The van der Waals surface area contributed by atoms with E-state index in [0.717, 1.165) is 12.8 Å². The summed E-state index contributed by atoms with van der Waals surface area (Å²) >= 11 is 6.09. The average Bonchev–Trinajstić information content (AvgIpc) is 1.94. The molecule has 0 aromatic heterocycles. The van der Waals surface area contributed by atoms with E-state index in [0.29, 0.717) is 17.1 Å². The van der Waals surface area contributed by atoms with Gasteiger partial charge in [0, 0.05) is 5.92 Å². The Morgan fingerprint density at radius 3 is 2.14 bits per heavy atom. The highest BCUT2D eigenvalue weighted by Gasteiger charge is 2.60. The van der Waals surface area contributed by atoms with Crippen molar-refractivity contribution in [2.24, 2.45) is 22.7 Å². The van der Waals surface area contributed by atoms with Gasteiger partial charge in [0.1, 0.15) is 0 Å². The number of carbonyl (C=O) groups is 1. The molecule has 0 N–H and O–H groups in total. The van der Waals surface area contributed by atoms with Crippen LogP contribution in [0.15, 0.2) is 0 Å². The first-order chi connectivity index (χ1) is 6.26. The highest BCUT2D eigenvalue weighted by molar-refractivity contribution is 6.31. The first-order valence-corrected chi connectivity index (χ1v) is 5.87. The molecule has 0 saturated heterocycles. The van der Waals surface area contributed by atoms with Crippen LogP contribution in [0, 0.1) is 22.7 Å². The maximum atomic E-state index is 11.8. The number of carbonyl (C=O) groups excluding carboxylic acids is 1. The molecule has 2 rings (SSSR count). The van der Waals surface area contributed by atoms with E-state index < -0.39 is 0 Å². The van der Waals surface area contributed by atoms with Crippen molar-refractivity contribution in [3.63, 3.8) is 0 Å². The molecule has 2 fully saturated rings. The van der Waals surface area contributed by atoms with E-state index in [4.69, 9.17) is 11.6 Å². The summed E-state index contributed by atoms with van der Waals surface area (Å²) < 4.78 is 0. The number of rotatable bonds is 0. The van der Waals surface area contributed by atoms with Crippen molar-refractivity contribution in [2.75, 3.05) is 0 Å². The maximum Gasteiger partial charge on any atom is 0.154 e. The molecule has 0 aromatic carbocycles. The molecule has 0 aromatic rings. The summed E-state index contributed by atoms with van der Waals surface area (Å²) in [6, 6.07) is 0. The van der Waals surface area contributed by atoms with Crippen LogP contribution >= 0.6 is 11.6 Å². The Morgan fingerprint density at radius 1 is 1.14 bits per heavy atom. The second-order valence-electron chi connectivity index (χ2n) is 6.34. The Kier molecular flexibility index (Phi) is 2.06. The molecular formula is C12H19ClO. The topological polar surface area (TPSA) is 17.1 Å². The SMILES string of the molecule is CC1(C)CC(Cl)C(=O)C2CC(C)(C)C21. The average molecular weight is 215 g/mol. The summed E-state index contributed by atoms with van der Waals surface area (Å²) in [4.78, 5) is 11.8. The highest BCUT2D eigenvalue weighted by atomic mass is 35.5. The zero-order valence-corrected chi connectivity index (χ0v) is 10.2. The van der Waals surface area contributed by atoms with E-state index in [9.17, 15) is 4.79 Å². The summed E-state index contributed by atoms with van der Waals surface area (Å²) in [6.07, 6.45) is 1.88. The molecule has 80 valence electrons. The van der Waals surface area contributed by atoms with Crippen LogP contribution in [0.2, 0.25) is 0 Å². The van der Waals surface area contributed by atoms with Crippen LogP contribution in [0.3, 0.4) is 0 Å². The smallest absolute Gasteiger partial charge is 0.154 e. The van der Waals surface area contributed by atoms with Crippen LogP contribution in [-0.4, -0.2) is 11.2 Å². The second-order valence-corrected chi connectivity index (χ2v) is 6.87. The summed E-state index contributed by atoms with van der Waals surface area (Å²) in [5, 5.41) is -0.234. The van der Waals surface area contributed by atoms with Gasteiger partial charge in [-0.15, -0.1) is 11.6 Å². The summed E-state index contributed by atoms with van der Waals surface area (Å²) in [5.41, 5.74) is 0.563. The van der Waals surface area contributed by atoms with Crippen LogP contribution in [0.25, 0.3) is 0 Å². The van der Waals surface area contributed by atoms with Crippen LogP contribution in [0.4, 0.5) is 0 Å². The molecule has 14 heavy (non-hydrogen) atoms. The van der Waals surface area contributed by atoms with Crippen molar-refractivity contribution < 1.29 is 4.79 Å². The van der Waals surface area contributed by atoms with Gasteiger partial charge in [-0.05, 0) is 29.6 Å². The number of alkyl halides is 1. The Bertz CT molecular complexity index is 280. The molecule has 0 radical (unpaired) electrons. The Balaban J connectivity index is 2.29. The van der Waals surface area contributed by atoms with Gasteiger partial charge < -0.3 is 0 Å². The lowest BCUT2D eigenvalue weighted by Gasteiger charge is -2.61. The van der Waals surface area contributed by atoms with Crippen LogP contribution in [0.1, 0.15) is 40.5 Å². The predicted octanol–water partition coefficient (Wildman–Crippen LogP) is 3.26. The number of hydrogen-bond acceptors (Lipinski definition) is 1. The number of ketones is 1. The largest absolute Gasteiger partial charge is 0.298 e. The molecule has 2 aliphatic carbocycles. The number of Topliss-reactive ketones (excluding diaryl/α,β-unsaturated/α-hetero) is 1. The third-order valence-corrected chi connectivity index (χ3v) is 4.58. The zero-order valence-electron chi connectivity index (χ0n) is 9.43. The van der Waals surface area contributed by atoms with Gasteiger partial charge in [0.2, 0.25) is 0 Å². The normalized spacial score (nSPS) is 44.1. The minimum atomic E-state index is -0.234. The van der Waals surface area contributed by atoms with Crippen LogP contribution < -0.4 is 0 Å². The summed E-state index contributed by atoms with van der Waals surface area (Å²) in [6.45, 7) is 9.07. The summed E-state index contributed by atoms with van der Waals surface area (Å²) in [5.74, 6) is 1.09. The fourth-order valence-electron chi connectivity index (χ4n) is 3.98. The monoisotopic (exact) mass is 214 g/mol. The van der Waals surface area contributed by atoms with Crippen molar-refractivity contribution in [2.45, 2.75) is 45.9 Å². The highest BCUT2D eigenvalue weighted by Crippen LogP contribution is 2.63. The number of hydrogen-bond donors (Lipinski definition) is 0. The standard InChI is InChI=1S/C12H19ClO/c1-11(2)5-7-9(14)8(13)6-12(3,4)10(7)11/h7-8,10H,5-6H2,1-4H3. The minimum absolute atomic E-state index is 0.229. The van der Waals surface area contributed by atoms with Crippen molar-refractivity contribution in [1.29, 1.82) is 0 Å². The maximum absolute atomic E-state index is 11.8. The molecule has 2 heteroatoms. The fourth-order valence-corrected chi connectivity index (χ4v) is 4.54. The van der Waals surface area contributed by atoms with Gasteiger partial charge in [0.05, 0.1) is 5.38 Å². The molecule has 2 aliphatic rings. The Labute approximate surface area is 91.2 Å². The molecule has 0 amide bonds.